The molecule has 0 amide bonds. The minimum atomic E-state index is 0.716. The molecule has 2 rings (SSSR count). The van der Waals surface area contributed by atoms with E-state index < -0.39 is 0 Å². The first kappa shape index (κ1) is 11.1. The third kappa shape index (κ3) is 2.57. The molecule has 1 aliphatic heterocycles. The third-order valence-electron chi connectivity index (χ3n) is 2.82. The van der Waals surface area contributed by atoms with Crippen LogP contribution in [-0.4, -0.2) is 13.2 Å². The Morgan fingerprint density at radius 2 is 2.38 bits per heavy atom. The van der Waals surface area contributed by atoms with E-state index >= 15 is 0 Å². The Kier molecular flexibility index (Phi) is 3.50. The topological polar surface area (TPSA) is 21.3 Å². The minimum Gasteiger partial charge on any atom is -0.491 e. The number of rotatable bonds is 4. The molecule has 86 valence electrons. The van der Waals surface area contributed by atoms with Crippen LogP contribution in [0.25, 0.3) is 0 Å². The van der Waals surface area contributed by atoms with Crippen LogP contribution >= 0.6 is 0 Å². The zero-order chi connectivity index (χ0) is 11.4. The fourth-order valence-electron chi connectivity index (χ4n) is 1.93. The summed E-state index contributed by atoms with van der Waals surface area (Å²) in [4.78, 5) is 0. The Morgan fingerprint density at radius 3 is 3.19 bits per heavy atom. The fraction of sp³-hybridized carbons (Fsp3) is 0.429. The molecule has 1 aromatic rings. The molecule has 0 aromatic heterocycles. The normalized spacial score (nSPS) is 13.8. The first-order valence-corrected chi connectivity index (χ1v) is 5.90. The van der Waals surface area contributed by atoms with E-state index in [-0.39, 0.29) is 0 Å². The standard InChI is InChI=1S/C14H19NO/c1-11(2)8-10-16-13-7-3-5-12-6-4-9-15-14(12)13/h3,5,7,15H,1,4,6,8-10H2,2H3. The predicted molar refractivity (Wildman–Crippen MR) is 68.2 cm³/mol. The van der Waals surface area contributed by atoms with Crippen molar-refractivity contribution in [2.75, 3.05) is 18.5 Å². The lowest BCUT2D eigenvalue weighted by Crippen LogP contribution is -2.13. The Balaban J connectivity index is 2.05. The lowest BCUT2D eigenvalue weighted by atomic mass is 10.0. The number of aryl methyl sites for hydroxylation is 1. The zero-order valence-electron chi connectivity index (χ0n) is 9.88. The van der Waals surface area contributed by atoms with Crippen LogP contribution < -0.4 is 10.1 Å². The van der Waals surface area contributed by atoms with Crippen LogP contribution in [0.1, 0.15) is 25.3 Å². The first-order valence-electron chi connectivity index (χ1n) is 5.90. The van der Waals surface area contributed by atoms with Gasteiger partial charge in [-0.15, -0.1) is 6.58 Å². The molecule has 16 heavy (non-hydrogen) atoms. The molecular formula is C14H19NO. The second-order valence-corrected chi connectivity index (χ2v) is 4.38. The summed E-state index contributed by atoms with van der Waals surface area (Å²) in [6.45, 7) is 7.67. The van der Waals surface area contributed by atoms with Gasteiger partial charge < -0.3 is 10.1 Å². The number of fused-ring (bicyclic) bond motifs is 1. The van der Waals surface area contributed by atoms with Gasteiger partial charge in [0, 0.05) is 13.0 Å². The molecule has 2 heteroatoms. The maximum absolute atomic E-state index is 5.79. The molecule has 0 saturated carbocycles. The summed E-state index contributed by atoms with van der Waals surface area (Å²) >= 11 is 0. The number of ether oxygens (including phenoxy) is 1. The molecule has 1 aliphatic rings. The second kappa shape index (κ2) is 5.06. The first-order chi connectivity index (χ1) is 7.77. The molecule has 0 atom stereocenters. The maximum atomic E-state index is 5.79. The molecule has 1 heterocycles. The SMILES string of the molecule is C=C(C)CCOc1cccc2c1NCCC2. The largest absolute Gasteiger partial charge is 0.491 e. The Bertz CT molecular complexity index is 384. The summed E-state index contributed by atoms with van der Waals surface area (Å²) in [6.07, 6.45) is 3.28. The lowest BCUT2D eigenvalue weighted by molar-refractivity contribution is 0.322. The Hall–Kier alpha value is -1.44. The number of benzene rings is 1. The van der Waals surface area contributed by atoms with E-state index in [1.165, 1.54) is 17.7 Å². The molecule has 1 aromatic carbocycles. The molecule has 2 nitrogen and oxygen atoms in total. The number of hydrogen-bond acceptors (Lipinski definition) is 2. The smallest absolute Gasteiger partial charge is 0.142 e. The van der Waals surface area contributed by atoms with E-state index in [4.69, 9.17) is 4.74 Å². The summed E-state index contributed by atoms with van der Waals surface area (Å²) in [7, 11) is 0. The van der Waals surface area contributed by atoms with Crippen LogP contribution in [0.3, 0.4) is 0 Å². The Morgan fingerprint density at radius 1 is 1.50 bits per heavy atom. The van der Waals surface area contributed by atoms with Crippen LogP contribution in [0.4, 0.5) is 5.69 Å². The van der Waals surface area contributed by atoms with Gasteiger partial charge in [0.05, 0.1) is 12.3 Å². The van der Waals surface area contributed by atoms with Crippen molar-refractivity contribution in [3.63, 3.8) is 0 Å². The van der Waals surface area contributed by atoms with E-state index in [0.717, 1.165) is 30.7 Å². The van der Waals surface area contributed by atoms with E-state index in [9.17, 15) is 0 Å². The summed E-state index contributed by atoms with van der Waals surface area (Å²) in [5.74, 6) is 0.985. The van der Waals surface area contributed by atoms with Crippen molar-refractivity contribution >= 4 is 5.69 Å². The molecule has 0 unspecified atom stereocenters. The van der Waals surface area contributed by atoms with Crippen molar-refractivity contribution < 1.29 is 4.74 Å². The monoisotopic (exact) mass is 217 g/mol. The van der Waals surface area contributed by atoms with Crippen molar-refractivity contribution in [3.8, 4) is 5.75 Å². The van der Waals surface area contributed by atoms with Gasteiger partial charge in [0.25, 0.3) is 0 Å². The molecule has 0 aliphatic carbocycles. The molecule has 0 saturated heterocycles. The van der Waals surface area contributed by atoms with Gasteiger partial charge in [-0.05, 0) is 31.4 Å². The van der Waals surface area contributed by atoms with Gasteiger partial charge in [0.1, 0.15) is 5.75 Å². The molecule has 1 N–H and O–H groups in total. The minimum absolute atomic E-state index is 0.716. The highest BCUT2D eigenvalue weighted by Gasteiger charge is 2.12. The van der Waals surface area contributed by atoms with Crippen molar-refractivity contribution in [1.82, 2.24) is 0 Å². The van der Waals surface area contributed by atoms with Crippen LogP contribution in [0, 0.1) is 0 Å². The van der Waals surface area contributed by atoms with E-state index in [1.807, 2.05) is 13.0 Å². The van der Waals surface area contributed by atoms with Crippen LogP contribution in [0.15, 0.2) is 30.4 Å². The van der Waals surface area contributed by atoms with E-state index in [1.54, 1.807) is 0 Å². The van der Waals surface area contributed by atoms with Crippen molar-refractivity contribution in [2.24, 2.45) is 0 Å². The summed E-state index contributed by atoms with van der Waals surface area (Å²) in [5, 5.41) is 3.42. The van der Waals surface area contributed by atoms with Crippen LogP contribution in [-0.2, 0) is 6.42 Å². The molecule has 0 fully saturated rings. The highest BCUT2D eigenvalue weighted by molar-refractivity contribution is 5.63. The van der Waals surface area contributed by atoms with Gasteiger partial charge >= 0.3 is 0 Å². The van der Waals surface area contributed by atoms with E-state index in [0.29, 0.717) is 6.61 Å². The van der Waals surface area contributed by atoms with E-state index in [2.05, 4.69) is 24.0 Å². The van der Waals surface area contributed by atoms with Crippen molar-refractivity contribution in [3.05, 3.63) is 35.9 Å². The number of nitrogens with one attached hydrogen (secondary N) is 1. The average molecular weight is 217 g/mol. The number of anilines is 1. The van der Waals surface area contributed by atoms with Crippen LogP contribution in [0.5, 0.6) is 5.75 Å². The van der Waals surface area contributed by atoms with Crippen molar-refractivity contribution in [1.29, 1.82) is 0 Å². The molecule has 0 bridgehead atoms. The average Bonchev–Trinajstić information content (AvgIpc) is 2.29. The second-order valence-electron chi connectivity index (χ2n) is 4.38. The summed E-state index contributed by atoms with van der Waals surface area (Å²) in [5.41, 5.74) is 3.73. The van der Waals surface area contributed by atoms with Gasteiger partial charge in [-0.25, -0.2) is 0 Å². The van der Waals surface area contributed by atoms with Gasteiger partial charge in [-0.3, -0.25) is 0 Å². The van der Waals surface area contributed by atoms with Gasteiger partial charge in [0.15, 0.2) is 0 Å². The third-order valence-corrected chi connectivity index (χ3v) is 2.82. The highest BCUT2D eigenvalue weighted by Crippen LogP contribution is 2.32. The number of para-hydroxylation sites is 1. The van der Waals surface area contributed by atoms with Crippen LogP contribution in [0.2, 0.25) is 0 Å². The van der Waals surface area contributed by atoms with Gasteiger partial charge in [0.2, 0.25) is 0 Å². The van der Waals surface area contributed by atoms with Gasteiger partial charge in [-0.1, -0.05) is 17.7 Å². The number of hydrogen-bond donors (Lipinski definition) is 1. The molecule has 0 spiro atoms. The maximum Gasteiger partial charge on any atom is 0.142 e. The van der Waals surface area contributed by atoms with Crippen molar-refractivity contribution in [2.45, 2.75) is 26.2 Å². The Labute approximate surface area is 97.3 Å². The fourth-order valence-corrected chi connectivity index (χ4v) is 1.93. The summed E-state index contributed by atoms with van der Waals surface area (Å²) in [6, 6.07) is 6.28. The molecular weight excluding hydrogens is 198 g/mol. The predicted octanol–water partition coefficient (Wildman–Crippen LogP) is 3.39. The lowest BCUT2D eigenvalue weighted by Gasteiger charge is -2.21. The molecule has 0 radical (unpaired) electrons. The summed E-state index contributed by atoms with van der Waals surface area (Å²) < 4.78 is 5.79. The quantitative estimate of drug-likeness (QED) is 0.780. The highest BCUT2D eigenvalue weighted by atomic mass is 16.5. The van der Waals surface area contributed by atoms with Gasteiger partial charge in [-0.2, -0.15) is 0 Å². The zero-order valence-corrected chi connectivity index (χ0v) is 9.88.